The van der Waals surface area contributed by atoms with E-state index in [1.807, 2.05) is 6.92 Å². The standard InChI is InChI=1S/C12H16N2O4S2/c1-3-12(13)10(18)14-8(9(16)17)7(4-19-6(2)15)5-20-11(12)14/h11H,3-5,13H2,1-2H3,(H,16,17)/t11-,12?/m1/s1. The fourth-order valence-corrected chi connectivity index (χ4v) is 4.60. The molecule has 3 N–H and O–H groups in total. The zero-order chi connectivity index (χ0) is 15.1. The van der Waals surface area contributed by atoms with Gasteiger partial charge in [0.1, 0.15) is 16.6 Å². The molecule has 110 valence electrons. The lowest BCUT2D eigenvalue weighted by atomic mass is 9.85. The molecule has 0 aliphatic carbocycles. The molecule has 2 heterocycles. The number of aliphatic carboxylic acids is 1. The third kappa shape index (κ3) is 2.25. The molecule has 0 aromatic heterocycles. The van der Waals surface area contributed by atoms with E-state index in [1.54, 1.807) is 0 Å². The number of rotatable bonds is 4. The smallest absolute Gasteiger partial charge is 0.352 e. The van der Waals surface area contributed by atoms with Gasteiger partial charge in [0.05, 0.1) is 0 Å². The summed E-state index contributed by atoms with van der Waals surface area (Å²) in [6, 6.07) is 0. The second-order valence-corrected chi connectivity index (χ2v) is 6.99. The summed E-state index contributed by atoms with van der Waals surface area (Å²) in [6.07, 6.45) is 0.477. The van der Waals surface area contributed by atoms with Crippen LogP contribution in [0.3, 0.4) is 0 Å². The van der Waals surface area contributed by atoms with Gasteiger partial charge in [-0.1, -0.05) is 18.7 Å². The van der Waals surface area contributed by atoms with E-state index in [2.05, 4.69) is 0 Å². The number of hydrogen-bond acceptors (Lipinski definition) is 6. The molecule has 6 nitrogen and oxygen atoms in total. The molecule has 1 fully saturated rings. The van der Waals surface area contributed by atoms with Crippen molar-refractivity contribution in [1.82, 2.24) is 4.90 Å². The number of thioether (sulfide) groups is 2. The van der Waals surface area contributed by atoms with E-state index in [0.29, 0.717) is 23.5 Å². The average Bonchev–Trinajstić information content (AvgIpc) is 2.42. The topological polar surface area (TPSA) is 101 Å². The van der Waals surface area contributed by atoms with Crippen molar-refractivity contribution in [1.29, 1.82) is 0 Å². The monoisotopic (exact) mass is 316 g/mol. The number of nitrogens with zero attached hydrogens (tertiary/aromatic N) is 1. The van der Waals surface area contributed by atoms with E-state index >= 15 is 0 Å². The SMILES string of the molecule is CCC1(N)C(=O)N2C(C(=O)O)=C(CSC(C)=O)CS[C@@H]21. The van der Waals surface area contributed by atoms with Gasteiger partial charge in [-0.05, 0) is 12.0 Å². The summed E-state index contributed by atoms with van der Waals surface area (Å²) >= 11 is 2.51. The summed E-state index contributed by atoms with van der Waals surface area (Å²) in [4.78, 5) is 35.9. The number of fused-ring (bicyclic) bond motifs is 1. The fraction of sp³-hybridized carbons (Fsp3) is 0.583. The van der Waals surface area contributed by atoms with Crippen LogP contribution in [0.4, 0.5) is 0 Å². The van der Waals surface area contributed by atoms with Crippen LogP contribution in [-0.2, 0) is 14.4 Å². The maximum atomic E-state index is 12.2. The number of β-lactam (4-membered cyclic amide) rings is 1. The lowest BCUT2D eigenvalue weighted by Gasteiger charge is -2.55. The molecule has 2 aliphatic rings. The molecule has 2 atom stereocenters. The fourth-order valence-electron chi connectivity index (χ4n) is 2.34. The van der Waals surface area contributed by atoms with Crippen molar-refractivity contribution in [2.45, 2.75) is 31.2 Å². The van der Waals surface area contributed by atoms with Gasteiger partial charge in [0, 0.05) is 18.4 Å². The van der Waals surface area contributed by atoms with E-state index in [-0.39, 0.29) is 22.1 Å². The minimum absolute atomic E-state index is 0.00188. The molecule has 0 radical (unpaired) electrons. The number of carboxylic acid groups (broad SMARTS) is 1. The molecule has 0 bridgehead atoms. The summed E-state index contributed by atoms with van der Waals surface area (Å²) in [6.45, 7) is 3.25. The maximum Gasteiger partial charge on any atom is 0.352 e. The van der Waals surface area contributed by atoms with Gasteiger partial charge in [-0.15, -0.1) is 11.8 Å². The molecular formula is C12H16N2O4S2. The number of amides is 1. The van der Waals surface area contributed by atoms with Crippen LogP contribution in [0.2, 0.25) is 0 Å². The summed E-state index contributed by atoms with van der Waals surface area (Å²) in [7, 11) is 0. The van der Waals surface area contributed by atoms with Gasteiger partial charge in [-0.3, -0.25) is 14.5 Å². The van der Waals surface area contributed by atoms with Gasteiger partial charge in [-0.2, -0.15) is 0 Å². The van der Waals surface area contributed by atoms with Crippen LogP contribution < -0.4 is 5.73 Å². The molecule has 1 saturated heterocycles. The summed E-state index contributed by atoms with van der Waals surface area (Å²) in [5.74, 6) is -0.708. The van der Waals surface area contributed by atoms with E-state index in [4.69, 9.17) is 5.73 Å². The van der Waals surface area contributed by atoms with Crippen molar-refractivity contribution >= 4 is 40.5 Å². The largest absolute Gasteiger partial charge is 0.477 e. The van der Waals surface area contributed by atoms with Crippen molar-refractivity contribution in [2.75, 3.05) is 11.5 Å². The second kappa shape index (κ2) is 5.42. The highest BCUT2D eigenvalue weighted by Crippen LogP contribution is 2.46. The summed E-state index contributed by atoms with van der Waals surface area (Å²) in [5.41, 5.74) is 5.68. The molecule has 0 spiro atoms. The molecule has 0 aromatic carbocycles. The van der Waals surface area contributed by atoms with Crippen molar-refractivity contribution < 1.29 is 19.5 Å². The van der Waals surface area contributed by atoms with E-state index < -0.39 is 11.5 Å². The Hall–Kier alpha value is -0.990. The minimum Gasteiger partial charge on any atom is -0.477 e. The van der Waals surface area contributed by atoms with Crippen molar-refractivity contribution in [3.63, 3.8) is 0 Å². The Morgan fingerprint density at radius 1 is 1.60 bits per heavy atom. The second-order valence-electron chi connectivity index (χ2n) is 4.77. The van der Waals surface area contributed by atoms with Crippen LogP contribution in [0.1, 0.15) is 20.3 Å². The Morgan fingerprint density at radius 2 is 2.25 bits per heavy atom. The van der Waals surface area contributed by atoms with E-state index in [1.165, 1.54) is 23.6 Å². The first-order valence-electron chi connectivity index (χ1n) is 6.15. The highest BCUT2D eigenvalue weighted by Gasteiger charge is 2.61. The molecule has 0 aromatic rings. The first-order valence-corrected chi connectivity index (χ1v) is 8.19. The van der Waals surface area contributed by atoms with Crippen LogP contribution in [0.5, 0.6) is 0 Å². The molecule has 20 heavy (non-hydrogen) atoms. The molecule has 2 aliphatic heterocycles. The third-order valence-corrected chi connectivity index (χ3v) is 5.88. The van der Waals surface area contributed by atoms with Crippen molar-refractivity contribution in [3.8, 4) is 0 Å². The molecule has 1 unspecified atom stereocenters. The highest BCUT2D eigenvalue weighted by atomic mass is 32.2. The molecular weight excluding hydrogens is 300 g/mol. The Morgan fingerprint density at radius 3 is 2.75 bits per heavy atom. The normalized spacial score (nSPS) is 29.1. The van der Waals surface area contributed by atoms with Gasteiger partial charge in [0.2, 0.25) is 0 Å². The Kier molecular flexibility index (Phi) is 4.17. The van der Waals surface area contributed by atoms with E-state index in [0.717, 1.165) is 11.8 Å². The van der Waals surface area contributed by atoms with Gasteiger partial charge >= 0.3 is 5.97 Å². The first-order chi connectivity index (χ1) is 9.32. The van der Waals surface area contributed by atoms with Crippen LogP contribution in [0.25, 0.3) is 0 Å². The average molecular weight is 316 g/mol. The predicted molar refractivity (Wildman–Crippen MR) is 78.1 cm³/mol. The van der Waals surface area contributed by atoms with Gasteiger partial charge < -0.3 is 10.8 Å². The van der Waals surface area contributed by atoms with Crippen molar-refractivity contribution in [3.05, 3.63) is 11.3 Å². The minimum atomic E-state index is -1.14. The summed E-state index contributed by atoms with van der Waals surface area (Å²) in [5, 5.41) is 8.96. The lowest BCUT2D eigenvalue weighted by molar-refractivity contribution is -0.154. The Labute approximate surface area is 125 Å². The number of carboxylic acids is 1. The van der Waals surface area contributed by atoms with E-state index in [9.17, 15) is 19.5 Å². The molecule has 1 amide bonds. The lowest BCUT2D eigenvalue weighted by Crippen LogP contribution is -2.77. The zero-order valence-corrected chi connectivity index (χ0v) is 12.8. The Balaban J connectivity index is 2.31. The van der Waals surface area contributed by atoms with Crippen LogP contribution >= 0.6 is 23.5 Å². The number of carbonyl (C=O) groups excluding carboxylic acids is 2. The van der Waals surface area contributed by atoms with Gasteiger partial charge in [-0.25, -0.2) is 4.79 Å². The highest BCUT2D eigenvalue weighted by molar-refractivity contribution is 8.13. The predicted octanol–water partition coefficient (Wildman–Crippen LogP) is 0.627. The summed E-state index contributed by atoms with van der Waals surface area (Å²) < 4.78 is 0. The molecule has 2 rings (SSSR count). The molecule has 8 heteroatoms. The first kappa shape index (κ1) is 15.4. The number of nitrogens with two attached hydrogens (primary N) is 1. The van der Waals surface area contributed by atoms with Crippen molar-refractivity contribution in [2.24, 2.45) is 5.73 Å². The Bertz CT molecular complexity index is 520. The number of carbonyl (C=O) groups is 3. The third-order valence-electron chi connectivity index (χ3n) is 3.52. The number of hydrogen-bond donors (Lipinski definition) is 2. The quantitative estimate of drug-likeness (QED) is 0.733. The maximum absolute atomic E-state index is 12.2. The van der Waals surface area contributed by atoms with Gasteiger partial charge in [0.25, 0.3) is 5.91 Å². The van der Waals surface area contributed by atoms with Crippen LogP contribution in [-0.4, -0.2) is 49.4 Å². The zero-order valence-electron chi connectivity index (χ0n) is 11.2. The van der Waals surface area contributed by atoms with Crippen LogP contribution in [0, 0.1) is 0 Å². The molecule has 0 saturated carbocycles. The van der Waals surface area contributed by atoms with Crippen LogP contribution in [0.15, 0.2) is 11.3 Å². The van der Waals surface area contributed by atoms with Gasteiger partial charge in [0.15, 0.2) is 5.12 Å².